The number of amides is 1. The molecule has 0 aromatic carbocycles. The van der Waals surface area contributed by atoms with Gasteiger partial charge in [-0.15, -0.1) is 12.4 Å². The predicted molar refractivity (Wildman–Crippen MR) is 64.0 cm³/mol. The topological polar surface area (TPSA) is 46.3 Å². The number of thioether (sulfide) groups is 1. The van der Waals surface area contributed by atoms with Gasteiger partial charge in [-0.3, -0.25) is 4.79 Å². The van der Waals surface area contributed by atoms with Crippen molar-refractivity contribution in [1.82, 2.24) is 4.90 Å². The Bertz CT molecular complexity index is 180. The Kier molecular flexibility index (Phi) is 7.41. The van der Waals surface area contributed by atoms with Gasteiger partial charge >= 0.3 is 0 Å². The maximum absolute atomic E-state index is 11.6. The van der Waals surface area contributed by atoms with Gasteiger partial charge in [-0.25, -0.2) is 0 Å². The summed E-state index contributed by atoms with van der Waals surface area (Å²) in [4.78, 5) is 13.6. The highest BCUT2D eigenvalue weighted by Crippen LogP contribution is 2.17. The molecule has 0 aliphatic carbocycles. The third-order valence-corrected chi connectivity index (χ3v) is 3.10. The number of rotatable bonds is 4. The van der Waals surface area contributed by atoms with Gasteiger partial charge in [-0.1, -0.05) is 0 Å². The Morgan fingerprint density at radius 2 is 2.36 bits per heavy atom. The number of likely N-dealkylation sites (tertiary alicyclic amines) is 1. The molecule has 1 saturated heterocycles. The Balaban J connectivity index is 0.00000169. The van der Waals surface area contributed by atoms with Crippen LogP contribution in [-0.2, 0) is 4.79 Å². The van der Waals surface area contributed by atoms with Gasteiger partial charge in [0.2, 0.25) is 5.91 Å². The first-order valence-corrected chi connectivity index (χ1v) is 6.17. The first-order valence-electron chi connectivity index (χ1n) is 4.78. The Labute approximate surface area is 96.2 Å². The van der Waals surface area contributed by atoms with Crippen molar-refractivity contribution in [3.63, 3.8) is 0 Å². The molecule has 5 heteroatoms. The molecular formula is C9H19ClN2OS. The summed E-state index contributed by atoms with van der Waals surface area (Å²) in [6.45, 7) is 1.53. The van der Waals surface area contributed by atoms with E-state index in [2.05, 4.69) is 0 Å². The molecule has 3 nitrogen and oxygen atoms in total. The van der Waals surface area contributed by atoms with Gasteiger partial charge in [0, 0.05) is 31.3 Å². The van der Waals surface area contributed by atoms with Crippen LogP contribution in [0.5, 0.6) is 0 Å². The standard InChI is InChI=1S/C9H18N2OS.ClH/c1-13-6-4-9(12)11-5-2-3-8(11)7-10;/h8H,2-7,10H2,1H3;1H. The van der Waals surface area contributed by atoms with Crippen LogP contribution in [0, 0.1) is 0 Å². The average molecular weight is 239 g/mol. The zero-order valence-corrected chi connectivity index (χ0v) is 10.2. The SMILES string of the molecule is CSCCC(=O)N1CCCC1CN.Cl. The van der Waals surface area contributed by atoms with Crippen LogP contribution in [0.4, 0.5) is 0 Å². The first kappa shape index (κ1) is 14.1. The lowest BCUT2D eigenvalue weighted by molar-refractivity contribution is -0.131. The number of carbonyl (C=O) groups is 1. The molecule has 0 saturated carbocycles. The van der Waals surface area contributed by atoms with E-state index in [1.165, 1.54) is 0 Å². The van der Waals surface area contributed by atoms with Crippen LogP contribution in [0.15, 0.2) is 0 Å². The summed E-state index contributed by atoms with van der Waals surface area (Å²) in [6, 6.07) is 0.314. The van der Waals surface area contributed by atoms with Crippen molar-refractivity contribution in [2.45, 2.75) is 25.3 Å². The third kappa shape index (κ3) is 3.67. The second-order valence-electron chi connectivity index (χ2n) is 3.36. The number of carbonyl (C=O) groups excluding carboxylic acids is 1. The Morgan fingerprint density at radius 1 is 1.64 bits per heavy atom. The lowest BCUT2D eigenvalue weighted by Gasteiger charge is -2.23. The maximum Gasteiger partial charge on any atom is 0.223 e. The summed E-state index contributed by atoms with van der Waals surface area (Å²) >= 11 is 1.72. The molecule has 84 valence electrons. The molecule has 0 radical (unpaired) electrons. The highest BCUT2D eigenvalue weighted by molar-refractivity contribution is 7.98. The minimum absolute atomic E-state index is 0. The highest BCUT2D eigenvalue weighted by atomic mass is 35.5. The zero-order chi connectivity index (χ0) is 9.68. The molecule has 0 aromatic rings. The second-order valence-corrected chi connectivity index (χ2v) is 4.35. The maximum atomic E-state index is 11.6. The summed E-state index contributed by atoms with van der Waals surface area (Å²) < 4.78 is 0. The lowest BCUT2D eigenvalue weighted by atomic mass is 10.2. The van der Waals surface area contributed by atoms with E-state index in [9.17, 15) is 4.79 Å². The van der Waals surface area contributed by atoms with Gasteiger partial charge in [-0.2, -0.15) is 11.8 Å². The van der Waals surface area contributed by atoms with Crippen LogP contribution in [0.1, 0.15) is 19.3 Å². The number of hydrogen-bond donors (Lipinski definition) is 1. The van der Waals surface area contributed by atoms with Crippen molar-refractivity contribution in [3.8, 4) is 0 Å². The van der Waals surface area contributed by atoms with Gasteiger partial charge in [0.05, 0.1) is 0 Å². The number of hydrogen-bond acceptors (Lipinski definition) is 3. The molecule has 0 aromatic heterocycles. The fourth-order valence-electron chi connectivity index (χ4n) is 1.74. The van der Waals surface area contributed by atoms with Crippen LogP contribution in [-0.4, -0.2) is 41.9 Å². The quantitative estimate of drug-likeness (QED) is 0.798. The highest BCUT2D eigenvalue weighted by Gasteiger charge is 2.26. The molecule has 1 heterocycles. The van der Waals surface area contributed by atoms with E-state index < -0.39 is 0 Å². The van der Waals surface area contributed by atoms with Gasteiger partial charge in [0.25, 0.3) is 0 Å². The summed E-state index contributed by atoms with van der Waals surface area (Å²) in [7, 11) is 0. The molecular weight excluding hydrogens is 220 g/mol. The summed E-state index contributed by atoms with van der Waals surface area (Å²) in [6.07, 6.45) is 4.89. The van der Waals surface area contributed by atoms with Crippen molar-refractivity contribution in [1.29, 1.82) is 0 Å². The van der Waals surface area contributed by atoms with E-state index >= 15 is 0 Å². The molecule has 1 fully saturated rings. The van der Waals surface area contributed by atoms with Crippen LogP contribution >= 0.6 is 24.2 Å². The number of nitrogens with zero attached hydrogens (tertiary/aromatic N) is 1. The summed E-state index contributed by atoms with van der Waals surface area (Å²) in [5.74, 6) is 1.20. The van der Waals surface area contributed by atoms with Crippen molar-refractivity contribution in [2.75, 3.05) is 25.1 Å². The minimum Gasteiger partial charge on any atom is -0.338 e. The normalized spacial score (nSPS) is 20.7. The lowest BCUT2D eigenvalue weighted by Crippen LogP contribution is -2.40. The van der Waals surface area contributed by atoms with Crippen LogP contribution in [0.2, 0.25) is 0 Å². The van der Waals surface area contributed by atoms with E-state index in [-0.39, 0.29) is 18.3 Å². The number of halogens is 1. The van der Waals surface area contributed by atoms with Crippen molar-refractivity contribution < 1.29 is 4.79 Å². The largest absolute Gasteiger partial charge is 0.338 e. The van der Waals surface area contributed by atoms with Crippen LogP contribution in [0.25, 0.3) is 0 Å². The third-order valence-electron chi connectivity index (χ3n) is 2.49. The molecule has 1 atom stereocenters. The number of nitrogens with two attached hydrogens (primary N) is 1. The monoisotopic (exact) mass is 238 g/mol. The summed E-state index contributed by atoms with van der Waals surface area (Å²) in [5.41, 5.74) is 5.59. The second kappa shape index (κ2) is 7.37. The summed E-state index contributed by atoms with van der Waals surface area (Å²) in [5, 5.41) is 0. The molecule has 1 rings (SSSR count). The zero-order valence-electron chi connectivity index (χ0n) is 8.57. The van der Waals surface area contributed by atoms with E-state index in [1.54, 1.807) is 11.8 Å². The average Bonchev–Trinajstić information content (AvgIpc) is 2.61. The molecule has 1 unspecified atom stereocenters. The molecule has 0 bridgehead atoms. The fraction of sp³-hybridized carbons (Fsp3) is 0.889. The molecule has 1 aliphatic heterocycles. The van der Waals surface area contributed by atoms with Gasteiger partial charge in [-0.05, 0) is 19.1 Å². The van der Waals surface area contributed by atoms with Gasteiger partial charge in [0.15, 0.2) is 0 Å². The van der Waals surface area contributed by atoms with Gasteiger partial charge in [0.1, 0.15) is 0 Å². The van der Waals surface area contributed by atoms with Gasteiger partial charge < -0.3 is 10.6 Å². The van der Waals surface area contributed by atoms with Crippen molar-refractivity contribution >= 4 is 30.1 Å². The van der Waals surface area contributed by atoms with Crippen LogP contribution < -0.4 is 5.73 Å². The Hall–Kier alpha value is 0.0700. The molecule has 0 spiro atoms. The molecule has 14 heavy (non-hydrogen) atoms. The van der Waals surface area contributed by atoms with Crippen molar-refractivity contribution in [2.24, 2.45) is 5.73 Å². The smallest absolute Gasteiger partial charge is 0.223 e. The first-order chi connectivity index (χ1) is 6.29. The Morgan fingerprint density at radius 3 is 2.93 bits per heavy atom. The molecule has 2 N–H and O–H groups in total. The molecule has 1 aliphatic rings. The fourth-order valence-corrected chi connectivity index (χ4v) is 2.12. The molecule has 1 amide bonds. The van der Waals surface area contributed by atoms with E-state index in [1.807, 2.05) is 11.2 Å². The van der Waals surface area contributed by atoms with Crippen molar-refractivity contribution in [3.05, 3.63) is 0 Å². The minimum atomic E-state index is 0. The van der Waals surface area contributed by atoms with E-state index in [0.29, 0.717) is 19.0 Å². The van der Waals surface area contributed by atoms with E-state index in [4.69, 9.17) is 5.73 Å². The van der Waals surface area contributed by atoms with E-state index in [0.717, 1.165) is 25.1 Å². The predicted octanol–water partition coefficient (Wildman–Crippen LogP) is 1.11. The van der Waals surface area contributed by atoms with Crippen LogP contribution in [0.3, 0.4) is 0 Å².